The molecule has 0 aromatic rings. The van der Waals surface area contributed by atoms with E-state index in [0.29, 0.717) is 5.92 Å². The number of carbonyl (C=O) groups is 1. The lowest BCUT2D eigenvalue weighted by molar-refractivity contribution is -0.112. The maximum absolute atomic E-state index is 10.2. The number of halogens is 2. The van der Waals surface area contributed by atoms with Gasteiger partial charge >= 0.3 is 0 Å². The molecule has 68 valence electrons. The molecule has 0 bridgehead atoms. The van der Waals surface area contributed by atoms with Gasteiger partial charge in [0.25, 0.3) is 0 Å². The summed E-state index contributed by atoms with van der Waals surface area (Å²) in [6.45, 7) is 2.17. The molecule has 11 heavy (non-hydrogen) atoms. The molecular formula is C7H15Cl2NO. The van der Waals surface area contributed by atoms with Crippen molar-refractivity contribution in [2.45, 2.75) is 12.8 Å². The van der Waals surface area contributed by atoms with Crippen molar-refractivity contribution in [2.24, 2.45) is 5.92 Å². The van der Waals surface area contributed by atoms with Crippen LogP contribution in [-0.4, -0.2) is 31.3 Å². The fourth-order valence-corrected chi connectivity index (χ4v) is 1.16. The molecule has 0 saturated carbocycles. The minimum absolute atomic E-state index is 0. The second kappa shape index (κ2) is 6.89. The van der Waals surface area contributed by atoms with Crippen molar-refractivity contribution in [3.05, 3.63) is 0 Å². The van der Waals surface area contributed by atoms with Crippen molar-refractivity contribution in [1.29, 1.82) is 0 Å². The van der Waals surface area contributed by atoms with E-state index in [0.717, 1.165) is 32.2 Å². The number of piperidine rings is 1. The van der Waals surface area contributed by atoms with Crippen molar-refractivity contribution >= 4 is 31.1 Å². The van der Waals surface area contributed by atoms with E-state index in [2.05, 4.69) is 11.9 Å². The van der Waals surface area contributed by atoms with Crippen LogP contribution in [0.1, 0.15) is 12.8 Å². The largest absolute Gasteiger partial charge is 0.306 e. The van der Waals surface area contributed by atoms with Gasteiger partial charge in [-0.25, -0.2) is 0 Å². The zero-order chi connectivity index (χ0) is 6.69. The first-order valence-electron chi connectivity index (χ1n) is 3.47. The Labute approximate surface area is 80.2 Å². The molecule has 1 rings (SSSR count). The van der Waals surface area contributed by atoms with Crippen LogP contribution in [0.4, 0.5) is 0 Å². The van der Waals surface area contributed by atoms with Crippen molar-refractivity contribution in [3.8, 4) is 0 Å². The summed E-state index contributed by atoms with van der Waals surface area (Å²) >= 11 is 0. The van der Waals surface area contributed by atoms with Crippen LogP contribution in [0.2, 0.25) is 0 Å². The number of likely N-dealkylation sites (tertiary alicyclic amines) is 1. The smallest absolute Gasteiger partial charge is 0.123 e. The topological polar surface area (TPSA) is 20.3 Å². The van der Waals surface area contributed by atoms with Gasteiger partial charge in [-0.2, -0.15) is 0 Å². The molecule has 1 heterocycles. The summed E-state index contributed by atoms with van der Waals surface area (Å²) in [5.74, 6) is 0.348. The number of rotatable bonds is 1. The number of nitrogens with zero attached hydrogens (tertiary/aromatic N) is 1. The van der Waals surface area contributed by atoms with Crippen LogP contribution in [0, 0.1) is 5.92 Å². The molecule has 0 aromatic heterocycles. The van der Waals surface area contributed by atoms with E-state index >= 15 is 0 Å². The average molecular weight is 200 g/mol. The van der Waals surface area contributed by atoms with Gasteiger partial charge in [0, 0.05) is 5.92 Å². The van der Waals surface area contributed by atoms with E-state index in [1.54, 1.807) is 0 Å². The number of hydrogen-bond acceptors (Lipinski definition) is 2. The molecule has 0 aliphatic carbocycles. The third kappa shape index (κ3) is 4.62. The van der Waals surface area contributed by atoms with Crippen molar-refractivity contribution in [1.82, 2.24) is 4.90 Å². The van der Waals surface area contributed by atoms with Crippen LogP contribution in [0.25, 0.3) is 0 Å². The van der Waals surface area contributed by atoms with E-state index in [9.17, 15) is 4.79 Å². The first-order chi connectivity index (χ1) is 4.33. The summed E-state index contributed by atoms with van der Waals surface area (Å²) in [6.07, 6.45) is 3.20. The highest BCUT2D eigenvalue weighted by Crippen LogP contribution is 2.12. The van der Waals surface area contributed by atoms with E-state index in [-0.39, 0.29) is 24.8 Å². The van der Waals surface area contributed by atoms with Crippen LogP contribution in [0.5, 0.6) is 0 Å². The predicted octanol–water partition coefficient (Wildman–Crippen LogP) is 1.37. The molecule has 0 amide bonds. The molecule has 2 nitrogen and oxygen atoms in total. The molecule has 4 heteroatoms. The van der Waals surface area contributed by atoms with Crippen LogP contribution in [0.3, 0.4) is 0 Å². The molecule has 0 aromatic carbocycles. The van der Waals surface area contributed by atoms with Gasteiger partial charge in [-0.05, 0) is 33.0 Å². The first kappa shape index (κ1) is 13.8. The van der Waals surface area contributed by atoms with Crippen LogP contribution < -0.4 is 0 Å². The lowest BCUT2D eigenvalue weighted by Gasteiger charge is -2.25. The lowest BCUT2D eigenvalue weighted by Crippen LogP contribution is -2.30. The molecule has 1 fully saturated rings. The van der Waals surface area contributed by atoms with E-state index in [4.69, 9.17) is 0 Å². The fraction of sp³-hybridized carbons (Fsp3) is 0.857. The Morgan fingerprint density at radius 3 is 2.09 bits per heavy atom. The first-order valence-corrected chi connectivity index (χ1v) is 3.47. The van der Waals surface area contributed by atoms with Gasteiger partial charge in [0.05, 0.1) is 0 Å². The van der Waals surface area contributed by atoms with Gasteiger partial charge in [0.1, 0.15) is 6.29 Å². The summed E-state index contributed by atoms with van der Waals surface area (Å²) in [6, 6.07) is 0. The Balaban J connectivity index is 0. The minimum atomic E-state index is 0. The van der Waals surface area contributed by atoms with Crippen molar-refractivity contribution in [2.75, 3.05) is 20.1 Å². The summed E-state index contributed by atoms with van der Waals surface area (Å²) in [7, 11) is 2.10. The predicted molar refractivity (Wildman–Crippen MR) is 50.8 cm³/mol. The number of aldehydes is 1. The highest BCUT2D eigenvalue weighted by atomic mass is 35.5. The van der Waals surface area contributed by atoms with Gasteiger partial charge in [-0.15, -0.1) is 24.8 Å². The summed E-state index contributed by atoms with van der Waals surface area (Å²) in [5.41, 5.74) is 0. The van der Waals surface area contributed by atoms with Crippen LogP contribution >= 0.6 is 24.8 Å². The number of carbonyl (C=O) groups excluding carboxylic acids is 1. The van der Waals surface area contributed by atoms with Gasteiger partial charge in [-0.3, -0.25) is 0 Å². The van der Waals surface area contributed by atoms with Crippen LogP contribution in [0.15, 0.2) is 0 Å². The highest BCUT2D eigenvalue weighted by molar-refractivity contribution is 5.85. The Bertz CT molecular complexity index is 103. The Hall–Kier alpha value is 0.210. The third-order valence-electron chi connectivity index (χ3n) is 1.96. The zero-order valence-corrected chi connectivity index (χ0v) is 8.29. The second-order valence-corrected chi connectivity index (χ2v) is 2.78. The summed E-state index contributed by atoms with van der Waals surface area (Å²) in [4.78, 5) is 12.5. The quantitative estimate of drug-likeness (QED) is 0.596. The second-order valence-electron chi connectivity index (χ2n) is 2.78. The Morgan fingerprint density at radius 1 is 1.27 bits per heavy atom. The van der Waals surface area contributed by atoms with Gasteiger partial charge in [-0.1, -0.05) is 0 Å². The van der Waals surface area contributed by atoms with E-state index < -0.39 is 0 Å². The molecule has 0 unspecified atom stereocenters. The van der Waals surface area contributed by atoms with Crippen molar-refractivity contribution < 1.29 is 4.79 Å². The number of hydrogen-bond donors (Lipinski definition) is 0. The molecule has 1 saturated heterocycles. The highest BCUT2D eigenvalue weighted by Gasteiger charge is 2.14. The molecular weight excluding hydrogens is 185 g/mol. The molecule has 0 atom stereocenters. The van der Waals surface area contributed by atoms with Gasteiger partial charge in [0.15, 0.2) is 0 Å². The molecule has 0 radical (unpaired) electrons. The molecule has 0 N–H and O–H groups in total. The average Bonchev–Trinajstić information content (AvgIpc) is 1.90. The maximum atomic E-state index is 10.2. The normalized spacial score (nSPS) is 19.7. The molecule has 1 aliphatic heterocycles. The van der Waals surface area contributed by atoms with Crippen LogP contribution in [-0.2, 0) is 4.79 Å². The van der Waals surface area contributed by atoms with Gasteiger partial charge < -0.3 is 9.69 Å². The SMILES string of the molecule is CN1CCC(C=O)CC1.Cl.Cl. The van der Waals surface area contributed by atoms with E-state index in [1.807, 2.05) is 0 Å². The van der Waals surface area contributed by atoms with Gasteiger partial charge in [0.2, 0.25) is 0 Å². The zero-order valence-electron chi connectivity index (χ0n) is 6.66. The summed E-state index contributed by atoms with van der Waals surface area (Å²) in [5, 5.41) is 0. The maximum Gasteiger partial charge on any atom is 0.123 e. The van der Waals surface area contributed by atoms with E-state index in [1.165, 1.54) is 0 Å². The minimum Gasteiger partial charge on any atom is -0.306 e. The fourth-order valence-electron chi connectivity index (χ4n) is 1.16. The Morgan fingerprint density at radius 2 is 1.73 bits per heavy atom. The standard InChI is InChI=1S/C7H13NO.2ClH/c1-8-4-2-7(6-9)3-5-8;;/h6-7H,2-5H2,1H3;2*1H. The molecule has 1 aliphatic rings. The Kier molecular flexibility index (Phi) is 8.63. The third-order valence-corrected chi connectivity index (χ3v) is 1.96. The lowest BCUT2D eigenvalue weighted by atomic mass is 9.99. The molecule has 0 spiro atoms. The van der Waals surface area contributed by atoms with Crippen molar-refractivity contribution in [3.63, 3.8) is 0 Å². The summed E-state index contributed by atoms with van der Waals surface area (Å²) < 4.78 is 0. The monoisotopic (exact) mass is 199 g/mol.